The topological polar surface area (TPSA) is 145 Å². The van der Waals surface area contributed by atoms with Crippen molar-refractivity contribution in [2.45, 2.75) is 89.6 Å². The molecule has 2 N–H and O–H groups in total. The summed E-state index contributed by atoms with van der Waals surface area (Å²) in [4.78, 5) is 36.2. The SMILES string of the molecule is C[C@]12CC[C@H](O)C[C@H]1CC[C@@H]1[C@@H]2C[C@@H](OC(=O)OCc2ccccc2[N+](=O)[O-])[C@]2(C)[C@@H](C3=CC(=O)OC3)CC[C@]12O. The Kier molecular flexibility index (Phi) is 6.92. The standard InChI is InChI=1S/C31H39NO9/c1-29-11-9-21(33)14-20(29)7-8-23-24(29)15-26(41-28(35)40-16-18-5-3-4-6-25(18)32(37)38)30(2)22(10-12-31(23,30)36)19-13-27(34)39-17-19/h3-6,13,20-24,26,33,36H,7-12,14-17H2,1-2H3/t20-,21+,22-,23-,24+,26-,29+,30+,31+/m1/s1. The van der Waals surface area contributed by atoms with Crippen molar-refractivity contribution in [3.8, 4) is 0 Å². The number of para-hydroxylation sites is 1. The number of nitrogens with zero attached hydrogens (tertiary/aromatic N) is 1. The van der Waals surface area contributed by atoms with Crippen LogP contribution in [-0.2, 0) is 25.6 Å². The average Bonchev–Trinajstić information content (AvgIpc) is 3.49. The van der Waals surface area contributed by atoms with Crippen LogP contribution >= 0.6 is 0 Å². The number of cyclic esters (lactones) is 1. The normalized spacial score (nSPS) is 41.4. The summed E-state index contributed by atoms with van der Waals surface area (Å²) in [7, 11) is 0. The summed E-state index contributed by atoms with van der Waals surface area (Å²) >= 11 is 0. The summed E-state index contributed by atoms with van der Waals surface area (Å²) in [6, 6.07) is 6.08. The maximum absolute atomic E-state index is 13.2. The fourth-order valence-corrected chi connectivity index (χ4v) is 9.61. The molecular formula is C31H39NO9. The first-order valence-corrected chi connectivity index (χ1v) is 14.8. The third kappa shape index (κ3) is 4.36. The molecule has 4 fully saturated rings. The van der Waals surface area contributed by atoms with Gasteiger partial charge in [0.2, 0.25) is 0 Å². The number of ether oxygens (including phenoxy) is 3. The van der Waals surface area contributed by atoms with Crippen LogP contribution < -0.4 is 0 Å². The van der Waals surface area contributed by atoms with E-state index in [1.807, 2.05) is 6.92 Å². The molecule has 1 aliphatic heterocycles. The van der Waals surface area contributed by atoms with Crippen LogP contribution in [-0.4, -0.2) is 51.7 Å². The molecule has 0 spiro atoms. The molecule has 0 amide bonds. The Bertz CT molecular complexity index is 1280. The van der Waals surface area contributed by atoms with E-state index in [0.29, 0.717) is 31.6 Å². The fraction of sp³-hybridized carbons (Fsp3) is 0.677. The lowest BCUT2D eigenvalue weighted by atomic mass is 9.42. The molecule has 6 rings (SSSR count). The maximum Gasteiger partial charge on any atom is 0.508 e. The molecule has 9 atom stereocenters. The van der Waals surface area contributed by atoms with Crippen LogP contribution in [0.3, 0.4) is 0 Å². The molecule has 1 heterocycles. The number of hydrogen-bond donors (Lipinski definition) is 2. The first-order chi connectivity index (χ1) is 19.5. The van der Waals surface area contributed by atoms with Gasteiger partial charge in [-0.1, -0.05) is 26.0 Å². The third-order valence-corrected chi connectivity index (χ3v) is 11.8. The highest BCUT2D eigenvalue weighted by molar-refractivity contribution is 5.85. The van der Waals surface area contributed by atoms with Gasteiger partial charge in [0.25, 0.3) is 5.69 Å². The summed E-state index contributed by atoms with van der Waals surface area (Å²) in [6.45, 7) is 4.10. The zero-order valence-corrected chi connectivity index (χ0v) is 23.6. The zero-order chi connectivity index (χ0) is 29.2. The number of esters is 1. The molecule has 41 heavy (non-hydrogen) atoms. The molecule has 1 aromatic rings. The van der Waals surface area contributed by atoms with Crippen LogP contribution in [0.5, 0.6) is 0 Å². The second-order valence-electron chi connectivity index (χ2n) is 13.3. The van der Waals surface area contributed by atoms with Gasteiger partial charge in [0.1, 0.15) is 19.3 Å². The minimum absolute atomic E-state index is 0.00421. The lowest BCUT2D eigenvalue weighted by molar-refractivity contribution is -0.385. The van der Waals surface area contributed by atoms with Gasteiger partial charge >= 0.3 is 12.1 Å². The molecule has 0 saturated heterocycles. The van der Waals surface area contributed by atoms with E-state index in [2.05, 4.69) is 6.92 Å². The molecule has 0 unspecified atom stereocenters. The van der Waals surface area contributed by atoms with Crippen molar-refractivity contribution in [2.24, 2.45) is 34.5 Å². The Morgan fingerprint density at radius 3 is 2.63 bits per heavy atom. The zero-order valence-electron chi connectivity index (χ0n) is 23.6. The van der Waals surface area contributed by atoms with E-state index in [-0.39, 0.29) is 53.7 Å². The van der Waals surface area contributed by atoms with Crippen LogP contribution in [0.2, 0.25) is 0 Å². The highest BCUT2D eigenvalue weighted by Gasteiger charge is 2.72. The lowest BCUT2D eigenvalue weighted by Crippen LogP contribution is -2.67. The van der Waals surface area contributed by atoms with Crippen LogP contribution in [0.15, 0.2) is 35.9 Å². The van der Waals surface area contributed by atoms with E-state index in [0.717, 1.165) is 31.3 Å². The molecule has 0 bridgehead atoms. The Morgan fingerprint density at radius 2 is 1.90 bits per heavy atom. The highest BCUT2D eigenvalue weighted by atomic mass is 16.7. The monoisotopic (exact) mass is 569 g/mol. The van der Waals surface area contributed by atoms with Crippen LogP contribution in [0.1, 0.15) is 70.8 Å². The van der Waals surface area contributed by atoms with Gasteiger partial charge in [-0.05, 0) is 92.1 Å². The van der Waals surface area contributed by atoms with Crippen LogP contribution in [0, 0.1) is 44.6 Å². The number of aliphatic hydroxyl groups excluding tert-OH is 1. The second kappa shape index (κ2) is 10.1. The van der Waals surface area contributed by atoms with Gasteiger partial charge in [-0.3, -0.25) is 10.1 Å². The molecule has 4 aliphatic carbocycles. The number of carbonyl (C=O) groups excluding carboxylic acids is 2. The van der Waals surface area contributed by atoms with Crippen molar-refractivity contribution in [3.63, 3.8) is 0 Å². The van der Waals surface area contributed by atoms with Gasteiger partial charge in [-0.2, -0.15) is 0 Å². The van der Waals surface area contributed by atoms with Crippen LogP contribution in [0.4, 0.5) is 10.5 Å². The smallest absolute Gasteiger partial charge is 0.458 e. The Morgan fingerprint density at radius 1 is 1.12 bits per heavy atom. The van der Waals surface area contributed by atoms with E-state index in [4.69, 9.17) is 14.2 Å². The summed E-state index contributed by atoms with van der Waals surface area (Å²) in [6.07, 6.45) is 5.32. The third-order valence-electron chi connectivity index (χ3n) is 11.8. The quantitative estimate of drug-likeness (QED) is 0.289. The minimum atomic E-state index is -1.14. The highest BCUT2D eigenvalue weighted by Crippen LogP contribution is 2.70. The first-order valence-electron chi connectivity index (χ1n) is 14.8. The maximum atomic E-state index is 13.2. The minimum Gasteiger partial charge on any atom is -0.458 e. The van der Waals surface area contributed by atoms with Crippen molar-refractivity contribution in [1.82, 2.24) is 0 Å². The van der Waals surface area contributed by atoms with Gasteiger partial charge in [-0.25, -0.2) is 9.59 Å². The molecule has 0 radical (unpaired) electrons. The van der Waals surface area contributed by atoms with E-state index >= 15 is 0 Å². The summed E-state index contributed by atoms with van der Waals surface area (Å²) in [5, 5.41) is 34.6. The summed E-state index contributed by atoms with van der Waals surface area (Å²) < 4.78 is 16.8. The lowest BCUT2D eigenvalue weighted by Gasteiger charge is -2.65. The van der Waals surface area contributed by atoms with Crippen LogP contribution in [0.25, 0.3) is 0 Å². The van der Waals surface area contributed by atoms with Crippen molar-refractivity contribution in [3.05, 3.63) is 51.6 Å². The summed E-state index contributed by atoms with van der Waals surface area (Å²) in [5.41, 5.74) is -1.21. The fourth-order valence-electron chi connectivity index (χ4n) is 9.61. The molecule has 222 valence electrons. The molecule has 0 aromatic heterocycles. The number of nitro groups is 1. The van der Waals surface area contributed by atoms with Gasteiger partial charge in [0, 0.05) is 17.6 Å². The number of hydrogen-bond acceptors (Lipinski definition) is 9. The Hall–Kier alpha value is -2.98. The number of carbonyl (C=O) groups is 2. The number of nitro benzene ring substituents is 1. The van der Waals surface area contributed by atoms with Gasteiger partial charge in [0.15, 0.2) is 0 Å². The van der Waals surface area contributed by atoms with E-state index in [1.54, 1.807) is 12.1 Å². The molecule has 4 saturated carbocycles. The number of benzene rings is 1. The molecule has 1 aromatic carbocycles. The summed E-state index contributed by atoms with van der Waals surface area (Å²) in [5.74, 6) is -0.216. The predicted octanol–water partition coefficient (Wildman–Crippen LogP) is 4.84. The molecule has 10 nitrogen and oxygen atoms in total. The van der Waals surface area contributed by atoms with E-state index in [9.17, 15) is 29.9 Å². The van der Waals surface area contributed by atoms with E-state index in [1.165, 1.54) is 18.2 Å². The van der Waals surface area contributed by atoms with Gasteiger partial charge < -0.3 is 24.4 Å². The average molecular weight is 570 g/mol. The Balaban J connectivity index is 1.31. The second-order valence-corrected chi connectivity index (χ2v) is 13.3. The van der Waals surface area contributed by atoms with Gasteiger partial charge in [0.05, 0.1) is 22.2 Å². The predicted molar refractivity (Wildman–Crippen MR) is 145 cm³/mol. The molecule has 10 heteroatoms. The Labute approximate surface area is 239 Å². The number of aliphatic hydroxyl groups is 2. The van der Waals surface area contributed by atoms with Crippen molar-refractivity contribution >= 4 is 17.8 Å². The largest absolute Gasteiger partial charge is 0.508 e. The van der Waals surface area contributed by atoms with Crippen molar-refractivity contribution in [2.75, 3.05) is 6.61 Å². The molecule has 5 aliphatic rings. The first kappa shape index (κ1) is 28.2. The molecular weight excluding hydrogens is 530 g/mol. The van der Waals surface area contributed by atoms with Gasteiger partial charge in [-0.15, -0.1) is 0 Å². The number of rotatable bonds is 5. The van der Waals surface area contributed by atoms with Crippen molar-refractivity contribution < 1.29 is 38.9 Å². The van der Waals surface area contributed by atoms with Crippen molar-refractivity contribution in [1.29, 1.82) is 0 Å². The van der Waals surface area contributed by atoms with E-state index < -0.39 is 34.2 Å². The number of fused-ring (bicyclic) bond motifs is 5.